The van der Waals surface area contributed by atoms with Gasteiger partial charge in [-0.25, -0.2) is 13.2 Å². The predicted octanol–water partition coefficient (Wildman–Crippen LogP) is 2.14. The van der Waals surface area contributed by atoms with Crippen LogP contribution < -0.4 is 5.43 Å². The fourth-order valence-electron chi connectivity index (χ4n) is 2.31. The van der Waals surface area contributed by atoms with Crippen molar-refractivity contribution in [2.24, 2.45) is 0 Å². The summed E-state index contributed by atoms with van der Waals surface area (Å²) in [5.41, 5.74) is 0.337. The van der Waals surface area contributed by atoms with Crippen LogP contribution in [0.1, 0.15) is 10.4 Å². The molecule has 0 saturated heterocycles. The summed E-state index contributed by atoms with van der Waals surface area (Å²) >= 11 is 0. The highest BCUT2D eigenvalue weighted by atomic mass is 32.2. The van der Waals surface area contributed by atoms with Gasteiger partial charge in [-0.3, -0.25) is 4.79 Å². The van der Waals surface area contributed by atoms with Crippen molar-refractivity contribution in [2.75, 3.05) is 13.4 Å². The van der Waals surface area contributed by atoms with Crippen LogP contribution in [-0.4, -0.2) is 27.8 Å². The van der Waals surface area contributed by atoms with E-state index in [0.29, 0.717) is 0 Å². The molecule has 0 radical (unpaired) electrons. The molecule has 118 valence electrons. The number of ether oxygens (including phenoxy) is 1. The average Bonchev–Trinajstić information content (AvgIpc) is 2.52. The number of methoxy groups -OCH3 is 1. The molecule has 1 aromatic heterocycles. The standard InChI is InChI=1S/C16H12O6S/c1-21-16(18)9-3-6-13-12(7-9)15(17)11-5-4-10(23(2,19)20)8-14(11)22-13/h3-8H,1-2H3. The van der Waals surface area contributed by atoms with Crippen molar-refractivity contribution in [3.8, 4) is 0 Å². The maximum absolute atomic E-state index is 12.6. The van der Waals surface area contributed by atoms with Gasteiger partial charge in [-0.05, 0) is 30.3 Å². The number of hydrogen-bond donors (Lipinski definition) is 0. The molecule has 0 aliphatic carbocycles. The first-order valence-electron chi connectivity index (χ1n) is 6.60. The minimum Gasteiger partial charge on any atom is -0.465 e. The molecule has 6 nitrogen and oxygen atoms in total. The Labute approximate surface area is 131 Å². The molecule has 0 aliphatic heterocycles. The van der Waals surface area contributed by atoms with Crippen molar-refractivity contribution in [3.63, 3.8) is 0 Å². The average molecular weight is 332 g/mol. The summed E-state index contributed by atoms with van der Waals surface area (Å²) in [5, 5.41) is 0.472. The lowest BCUT2D eigenvalue weighted by Crippen LogP contribution is -2.06. The van der Waals surface area contributed by atoms with Gasteiger partial charge in [0.25, 0.3) is 0 Å². The Bertz CT molecular complexity index is 1110. The van der Waals surface area contributed by atoms with Crippen LogP contribution in [-0.2, 0) is 14.6 Å². The summed E-state index contributed by atoms with van der Waals surface area (Å²) in [6, 6.07) is 8.43. The second kappa shape index (κ2) is 5.20. The van der Waals surface area contributed by atoms with Crippen molar-refractivity contribution < 1.29 is 22.4 Å². The number of carbonyl (C=O) groups excluding carboxylic acids is 1. The van der Waals surface area contributed by atoms with Gasteiger partial charge in [0.2, 0.25) is 5.43 Å². The van der Waals surface area contributed by atoms with Gasteiger partial charge in [0, 0.05) is 12.3 Å². The van der Waals surface area contributed by atoms with Crippen LogP contribution in [0.3, 0.4) is 0 Å². The van der Waals surface area contributed by atoms with Crippen molar-refractivity contribution in [1.29, 1.82) is 0 Å². The number of hydrogen-bond acceptors (Lipinski definition) is 6. The molecule has 0 amide bonds. The Hall–Kier alpha value is -2.67. The van der Waals surface area contributed by atoms with E-state index in [4.69, 9.17) is 4.42 Å². The Morgan fingerprint density at radius 2 is 1.78 bits per heavy atom. The van der Waals surface area contributed by atoms with Crippen molar-refractivity contribution in [2.45, 2.75) is 4.90 Å². The number of rotatable bonds is 2. The molecule has 3 aromatic rings. The van der Waals surface area contributed by atoms with Crippen LogP contribution in [0.2, 0.25) is 0 Å². The molecule has 23 heavy (non-hydrogen) atoms. The maximum atomic E-state index is 12.6. The van der Waals surface area contributed by atoms with Gasteiger partial charge in [-0.1, -0.05) is 0 Å². The summed E-state index contributed by atoms with van der Waals surface area (Å²) in [7, 11) is -2.15. The zero-order valence-corrected chi connectivity index (χ0v) is 13.1. The maximum Gasteiger partial charge on any atom is 0.337 e. The number of sulfone groups is 1. The summed E-state index contributed by atoms with van der Waals surface area (Å²) in [5.74, 6) is -0.557. The largest absolute Gasteiger partial charge is 0.465 e. The third-order valence-electron chi connectivity index (χ3n) is 3.49. The first-order chi connectivity index (χ1) is 10.8. The summed E-state index contributed by atoms with van der Waals surface area (Å²) in [6.45, 7) is 0. The lowest BCUT2D eigenvalue weighted by atomic mass is 10.1. The highest BCUT2D eigenvalue weighted by Gasteiger charge is 2.14. The van der Waals surface area contributed by atoms with Gasteiger partial charge in [0.05, 0.1) is 28.3 Å². The van der Waals surface area contributed by atoms with Crippen LogP contribution in [0.4, 0.5) is 0 Å². The van der Waals surface area contributed by atoms with E-state index in [1.165, 1.54) is 43.5 Å². The van der Waals surface area contributed by atoms with E-state index in [-0.39, 0.29) is 37.8 Å². The second-order valence-corrected chi connectivity index (χ2v) is 7.08. The fraction of sp³-hybridized carbons (Fsp3) is 0.125. The molecule has 0 unspecified atom stereocenters. The minimum absolute atomic E-state index is 0.0682. The molecule has 0 fully saturated rings. The highest BCUT2D eigenvalue weighted by molar-refractivity contribution is 7.90. The lowest BCUT2D eigenvalue weighted by Gasteiger charge is -2.05. The van der Waals surface area contributed by atoms with Crippen LogP contribution in [0.15, 0.2) is 50.5 Å². The van der Waals surface area contributed by atoms with Gasteiger partial charge in [-0.2, -0.15) is 0 Å². The van der Waals surface area contributed by atoms with Gasteiger partial charge in [0.15, 0.2) is 9.84 Å². The minimum atomic E-state index is -3.40. The highest BCUT2D eigenvalue weighted by Crippen LogP contribution is 2.22. The predicted molar refractivity (Wildman–Crippen MR) is 84.4 cm³/mol. The number of carbonyl (C=O) groups is 1. The van der Waals surface area contributed by atoms with Gasteiger partial charge in [-0.15, -0.1) is 0 Å². The fourth-order valence-corrected chi connectivity index (χ4v) is 2.95. The van der Waals surface area contributed by atoms with Crippen molar-refractivity contribution >= 4 is 37.7 Å². The number of fused-ring (bicyclic) bond motifs is 2. The molecule has 0 bridgehead atoms. The second-order valence-electron chi connectivity index (χ2n) is 5.06. The Morgan fingerprint density at radius 1 is 1.04 bits per heavy atom. The summed E-state index contributed by atoms with van der Waals surface area (Å²) < 4.78 is 33.5. The molecule has 0 aliphatic rings. The molecule has 1 heterocycles. The molecule has 3 rings (SSSR count). The Morgan fingerprint density at radius 3 is 2.43 bits per heavy atom. The van der Waals surface area contributed by atoms with Gasteiger partial charge < -0.3 is 9.15 Å². The molecule has 7 heteroatoms. The van der Waals surface area contributed by atoms with Crippen LogP contribution in [0.5, 0.6) is 0 Å². The molecule has 0 atom stereocenters. The SMILES string of the molecule is COC(=O)c1ccc2oc3cc(S(C)(=O)=O)ccc3c(=O)c2c1. The first kappa shape index (κ1) is 15.2. The third-order valence-corrected chi connectivity index (χ3v) is 4.60. The van der Waals surface area contributed by atoms with E-state index in [1.54, 1.807) is 0 Å². The van der Waals surface area contributed by atoms with Crippen LogP contribution in [0.25, 0.3) is 21.9 Å². The van der Waals surface area contributed by atoms with E-state index in [1.807, 2.05) is 0 Å². The number of esters is 1. The quantitative estimate of drug-likeness (QED) is 0.527. The van der Waals surface area contributed by atoms with Crippen LogP contribution >= 0.6 is 0 Å². The molecule has 0 N–H and O–H groups in total. The van der Waals surface area contributed by atoms with E-state index >= 15 is 0 Å². The number of benzene rings is 2. The third kappa shape index (κ3) is 2.59. The van der Waals surface area contributed by atoms with E-state index in [9.17, 15) is 18.0 Å². The molecular formula is C16H12O6S. The molecule has 2 aromatic carbocycles. The monoisotopic (exact) mass is 332 g/mol. The zero-order chi connectivity index (χ0) is 16.8. The Kier molecular flexibility index (Phi) is 3.45. The Balaban J connectivity index is 2.35. The molecule has 0 spiro atoms. The summed E-state index contributed by atoms with van der Waals surface area (Å²) in [6.07, 6.45) is 1.08. The van der Waals surface area contributed by atoms with Gasteiger partial charge in [0.1, 0.15) is 11.2 Å². The molecule has 0 saturated carbocycles. The topological polar surface area (TPSA) is 90.7 Å². The summed E-state index contributed by atoms with van der Waals surface area (Å²) in [4.78, 5) is 24.2. The van der Waals surface area contributed by atoms with Gasteiger partial charge >= 0.3 is 5.97 Å². The first-order valence-corrected chi connectivity index (χ1v) is 8.49. The van der Waals surface area contributed by atoms with E-state index in [0.717, 1.165) is 6.26 Å². The zero-order valence-electron chi connectivity index (χ0n) is 12.3. The van der Waals surface area contributed by atoms with Crippen LogP contribution in [0, 0.1) is 0 Å². The smallest absolute Gasteiger partial charge is 0.337 e. The van der Waals surface area contributed by atoms with Crippen molar-refractivity contribution in [3.05, 3.63) is 52.2 Å². The normalized spacial score (nSPS) is 11.7. The van der Waals surface area contributed by atoms with E-state index < -0.39 is 15.8 Å². The lowest BCUT2D eigenvalue weighted by molar-refractivity contribution is 0.0601. The van der Waals surface area contributed by atoms with Crippen molar-refractivity contribution in [1.82, 2.24) is 0 Å². The van der Waals surface area contributed by atoms with E-state index in [2.05, 4.69) is 4.74 Å². The molecular weight excluding hydrogens is 320 g/mol.